The quantitative estimate of drug-likeness (QED) is 0.357. The van der Waals surface area contributed by atoms with Crippen molar-refractivity contribution in [1.82, 2.24) is 24.8 Å². The molecule has 8 heteroatoms. The molecule has 2 N–H and O–H groups in total. The molecule has 8 nitrogen and oxygen atoms in total. The molecule has 204 valence electrons. The van der Waals surface area contributed by atoms with Crippen LogP contribution < -0.4 is 15.8 Å². The first-order valence-electron chi connectivity index (χ1n) is 13.9. The van der Waals surface area contributed by atoms with E-state index in [1.807, 2.05) is 31.3 Å². The van der Waals surface area contributed by atoms with Gasteiger partial charge in [-0.1, -0.05) is 13.3 Å². The molecule has 0 atom stereocenters. The van der Waals surface area contributed by atoms with Crippen LogP contribution in [-0.4, -0.2) is 58.6 Å². The number of benzene rings is 1. The molecule has 0 spiro atoms. The van der Waals surface area contributed by atoms with Gasteiger partial charge in [-0.05, 0) is 74.8 Å². The molecule has 0 saturated carbocycles. The van der Waals surface area contributed by atoms with Gasteiger partial charge in [0, 0.05) is 84.9 Å². The highest BCUT2D eigenvalue weighted by Crippen LogP contribution is 2.32. The normalized spacial score (nSPS) is 14.2. The summed E-state index contributed by atoms with van der Waals surface area (Å²) >= 11 is 0. The van der Waals surface area contributed by atoms with Crippen molar-refractivity contribution < 1.29 is 4.79 Å². The molecule has 39 heavy (non-hydrogen) atoms. The Morgan fingerprint density at radius 2 is 1.87 bits per heavy atom. The lowest BCUT2D eigenvalue weighted by Crippen LogP contribution is -2.44. The molecule has 0 bridgehead atoms. The van der Waals surface area contributed by atoms with E-state index in [4.69, 9.17) is 4.98 Å². The van der Waals surface area contributed by atoms with Crippen LogP contribution in [-0.2, 0) is 19.5 Å². The van der Waals surface area contributed by atoms with Crippen molar-refractivity contribution >= 4 is 22.6 Å². The second kappa shape index (κ2) is 11.5. The summed E-state index contributed by atoms with van der Waals surface area (Å²) in [7, 11) is 2.15. The summed E-state index contributed by atoms with van der Waals surface area (Å²) in [6, 6.07) is 12.2. The minimum atomic E-state index is -0.202. The van der Waals surface area contributed by atoms with Crippen LogP contribution in [0, 0.1) is 6.92 Å². The number of rotatable bonds is 8. The number of nitrogens with zero attached hydrogens (tertiary/aromatic N) is 4. The number of carbonyl (C=O) groups is 1. The number of anilines is 1. The maximum atomic E-state index is 13.4. The molecule has 1 fully saturated rings. The van der Waals surface area contributed by atoms with Gasteiger partial charge in [-0.25, -0.2) is 4.98 Å². The minimum Gasteiger partial charge on any atom is -0.354 e. The monoisotopic (exact) mass is 526 g/mol. The molecule has 0 unspecified atom stereocenters. The largest absolute Gasteiger partial charge is 0.354 e. The van der Waals surface area contributed by atoms with E-state index in [9.17, 15) is 9.59 Å². The van der Waals surface area contributed by atoms with Gasteiger partial charge in [-0.15, -0.1) is 0 Å². The first-order chi connectivity index (χ1) is 18.9. The molecule has 1 aliphatic heterocycles. The third-order valence-electron chi connectivity index (χ3n) is 7.69. The summed E-state index contributed by atoms with van der Waals surface area (Å²) in [6.45, 7) is 11.0. The number of fused-ring (bicyclic) bond motifs is 1. The van der Waals surface area contributed by atoms with E-state index >= 15 is 0 Å². The maximum absolute atomic E-state index is 13.4. The van der Waals surface area contributed by atoms with Crippen molar-refractivity contribution in [2.45, 2.75) is 46.7 Å². The molecule has 0 aliphatic carbocycles. The summed E-state index contributed by atoms with van der Waals surface area (Å²) in [6.07, 6.45) is 5.70. The highest BCUT2D eigenvalue weighted by atomic mass is 16.1. The molecule has 4 heterocycles. The number of aromatic amines is 1. The Kier molecular flexibility index (Phi) is 7.84. The number of likely N-dealkylation sites (N-methyl/N-ethyl adjacent to an activating group) is 1. The topological polar surface area (TPSA) is 86.3 Å². The molecule has 4 aromatic rings. The molecule has 1 aliphatic rings. The van der Waals surface area contributed by atoms with E-state index in [1.54, 1.807) is 0 Å². The molecule has 3 aromatic heterocycles. The highest BCUT2D eigenvalue weighted by molar-refractivity contribution is 6.04. The zero-order valence-corrected chi connectivity index (χ0v) is 23.4. The number of carbonyl (C=O) groups excluding carboxylic acids is 1. The van der Waals surface area contributed by atoms with Gasteiger partial charge in [0.15, 0.2) is 0 Å². The van der Waals surface area contributed by atoms with Gasteiger partial charge in [0.25, 0.3) is 11.5 Å². The van der Waals surface area contributed by atoms with E-state index in [2.05, 4.69) is 70.0 Å². The Bertz CT molecular complexity index is 1530. The van der Waals surface area contributed by atoms with E-state index in [0.29, 0.717) is 11.1 Å². The fourth-order valence-corrected chi connectivity index (χ4v) is 5.45. The third-order valence-corrected chi connectivity index (χ3v) is 7.69. The molecular formula is C31H38N6O2. The van der Waals surface area contributed by atoms with Crippen LogP contribution in [0.2, 0.25) is 0 Å². The predicted octanol–water partition coefficient (Wildman–Crippen LogP) is 4.35. The summed E-state index contributed by atoms with van der Waals surface area (Å²) in [5.41, 5.74) is 5.82. The summed E-state index contributed by atoms with van der Waals surface area (Å²) in [5.74, 6) is 0.778. The van der Waals surface area contributed by atoms with Crippen LogP contribution in [0.25, 0.3) is 22.0 Å². The van der Waals surface area contributed by atoms with Crippen LogP contribution >= 0.6 is 0 Å². The zero-order valence-electron chi connectivity index (χ0n) is 23.4. The second-order valence-corrected chi connectivity index (χ2v) is 10.5. The average Bonchev–Trinajstić information content (AvgIpc) is 3.36. The Balaban J connectivity index is 1.45. The van der Waals surface area contributed by atoms with Gasteiger partial charge in [0.05, 0.1) is 0 Å². The number of pyridine rings is 2. The second-order valence-electron chi connectivity index (χ2n) is 10.5. The Labute approximate surface area is 229 Å². The third kappa shape index (κ3) is 5.61. The van der Waals surface area contributed by atoms with Crippen LogP contribution in [0.3, 0.4) is 0 Å². The van der Waals surface area contributed by atoms with Crippen molar-refractivity contribution in [2.75, 3.05) is 38.1 Å². The maximum Gasteiger partial charge on any atom is 0.253 e. The lowest BCUT2D eigenvalue weighted by atomic mass is 9.99. The number of aromatic nitrogens is 3. The average molecular weight is 527 g/mol. The molecule has 0 radical (unpaired) electrons. The van der Waals surface area contributed by atoms with Crippen LogP contribution in [0.15, 0.2) is 53.6 Å². The van der Waals surface area contributed by atoms with Gasteiger partial charge >= 0.3 is 0 Å². The number of aryl methyl sites for hydroxylation is 3. The molecule has 1 aromatic carbocycles. The smallest absolute Gasteiger partial charge is 0.253 e. The Hall–Kier alpha value is -3.91. The fourth-order valence-electron chi connectivity index (χ4n) is 5.45. The van der Waals surface area contributed by atoms with Crippen molar-refractivity contribution in [3.05, 3.63) is 81.5 Å². The van der Waals surface area contributed by atoms with Crippen LogP contribution in [0.4, 0.5) is 5.82 Å². The van der Waals surface area contributed by atoms with Crippen molar-refractivity contribution in [2.24, 2.45) is 0 Å². The summed E-state index contributed by atoms with van der Waals surface area (Å²) in [4.78, 5) is 38.4. The summed E-state index contributed by atoms with van der Waals surface area (Å²) < 4.78 is 2.14. The van der Waals surface area contributed by atoms with Gasteiger partial charge in [-0.3, -0.25) is 9.59 Å². The highest BCUT2D eigenvalue weighted by Gasteiger charge is 2.18. The molecular weight excluding hydrogens is 488 g/mol. The van der Waals surface area contributed by atoms with Gasteiger partial charge in [0.2, 0.25) is 0 Å². The van der Waals surface area contributed by atoms with Gasteiger partial charge in [0.1, 0.15) is 5.82 Å². The standard InChI is InChI=1S/C31H38N6O2/c1-5-7-22-16-21(3)34-31(39)27(22)20-33-30(38)24-17-26(25-10-11-36(6-2)28(25)18-24)23-8-9-29(32-19-23)37-14-12-35(4)13-15-37/h8-11,16-19H,5-7,12-15,20H2,1-4H3,(H,33,38)(H,34,39). The molecule has 5 rings (SSSR count). The lowest BCUT2D eigenvalue weighted by Gasteiger charge is -2.33. The number of H-pyrrole nitrogens is 1. The fraction of sp³-hybridized carbons (Fsp3) is 0.387. The first-order valence-corrected chi connectivity index (χ1v) is 13.9. The SMILES string of the molecule is CCCc1cc(C)[nH]c(=O)c1CNC(=O)c1cc(-c2ccc(N3CCN(C)CC3)nc2)c2ccn(CC)c2c1. The predicted molar refractivity (Wildman–Crippen MR) is 158 cm³/mol. The van der Waals surface area contributed by atoms with Gasteiger partial charge in [-0.2, -0.15) is 0 Å². The van der Waals surface area contributed by atoms with Crippen LogP contribution in [0.5, 0.6) is 0 Å². The van der Waals surface area contributed by atoms with Crippen molar-refractivity contribution in [3.63, 3.8) is 0 Å². The molecule has 1 amide bonds. The van der Waals surface area contributed by atoms with Gasteiger partial charge < -0.3 is 24.7 Å². The Morgan fingerprint density at radius 1 is 1.08 bits per heavy atom. The summed E-state index contributed by atoms with van der Waals surface area (Å²) in [5, 5.41) is 4.09. The van der Waals surface area contributed by atoms with E-state index < -0.39 is 0 Å². The molecule has 1 saturated heterocycles. The minimum absolute atomic E-state index is 0.138. The van der Waals surface area contributed by atoms with Crippen molar-refractivity contribution in [1.29, 1.82) is 0 Å². The van der Waals surface area contributed by atoms with E-state index in [0.717, 1.165) is 84.7 Å². The number of amides is 1. The number of nitrogens with one attached hydrogen (secondary N) is 2. The van der Waals surface area contributed by atoms with E-state index in [-0.39, 0.29) is 18.0 Å². The van der Waals surface area contributed by atoms with Crippen molar-refractivity contribution in [3.8, 4) is 11.1 Å². The Morgan fingerprint density at radius 3 is 2.56 bits per heavy atom. The first kappa shape index (κ1) is 26.7. The van der Waals surface area contributed by atoms with Crippen LogP contribution in [0.1, 0.15) is 47.4 Å². The van der Waals surface area contributed by atoms with E-state index in [1.165, 1.54) is 0 Å². The number of piperazine rings is 1. The number of hydrogen-bond acceptors (Lipinski definition) is 5. The zero-order chi connectivity index (χ0) is 27.5. The number of hydrogen-bond donors (Lipinski definition) is 2. The lowest BCUT2D eigenvalue weighted by molar-refractivity contribution is 0.0951.